The van der Waals surface area contributed by atoms with Gasteiger partial charge in [-0.15, -0.1) is 0 Å². The van der Waals surface area contributed by atoms with Gasteiger partial charge in [0.2, 0.25) is 0 Å². The molecule has 2 aromatic rings. The smallest absolute Gasteiger partial charge is 0.124 e. The molecule has 0 aromatic heterocycles. The lowest BCUT2D eigenvalue weighted by Crippen LogP contribution is -2.18. The molecule has 5 heteroatoms. The summed E-state index contributed by atoms with van der Waals surface area (Å²) in [7, 11) is 0. The lowest BCUT2D eigenvalue weighted by Gasteiger charge is -2.15. The summed E-state index contributed by atoms with van der Waals surface area (Å²) in [6, 6.07) is 11.7. The number of hydrogen-bond donors (Lipinski definition) is 1. The molecule has 0 heterocycles. The third-order valence-corrected chi connectivity index (χ3v) is 4.37. The molecule has 0 fully saturated rings. The topological polar surface area (TPSA) is 21.3 Å². The molecule has 0 aliphatic heterocycles. The molecular weight excluding hydrogens is 397 g/mol. The van der Waals surface area contributed by atoms with E-state index in [1.54, 1.807) is 6.07 Å². The second-order valence-electron chi connectivity index (χ2n) is 5.58. The van der Waals surface area contributed by atoms with Gasteiger partial charge in [0, 0.05) is 26.6 Å². The van der Waals surface area contributed by atoms with Crippen LogP contribution in [0.15, 0.2) is 40.9 Å². The third kappa shape index (κ3) is 6.00. The van der Waals surface area contributed by atoms with Crippen LogP contribution in [0.3, 0.4) is 0 Å². The molecule has 2 rings (SSSR count). The Bertz CT molecular complexity index is 661. The van der Waals surface area contributed by atoms with Crippen molar-refractivity contribution in [3.63, 3.8) is 0 Å². The van der Waals surface area contributed by atoms with Gasteiger partial charge in [0.05, 0.1) is 6.10 Å². The van der Waals surface area contributed by atoms with Crippen molar-refractivity contribution in [3.8, 4) is 5.75 Å². The number of hydrogen-bond acceptors (Lipinski definition) is 2. The molecule has 1 N–H and O–H groups in total. The third-order valence-electron chi connectivity index (χ3n) is 3.29. The summed E-state index contributed by atoms with van der Waals surface area (Å²) in [4.78, 5) is 0. The van der Waals surface area contributed by atoms with Crippen molar-refractivity contribution >= 4 is 39.1 Å². The Labute approximate surface area is 156 Å². The fraction of sp³-hybridized carbons (Fsp3) is 0.333. The van der Waals surface area contributed by atoms with Gasteiger partial charge in [-0.2, -0.15) is 0 Å². The van der Waals surface area contributed by atoms with E-state index < -0.39 is 0 Å². The Morgan fingerprint density at radius 1 is 1.09 bits per heavy atom. The Morgan fingerprint density at radius 3 is 2.57 bits per heavy atom. The zero-order chi connectivity index (χ0) is 16.8. The van der Waals surface area contributed by atoms with E-state index in [1.165, 1.54) is 0 Å². The van der Waals surface area contributed by atoms with Crippen LogP contribution in [-0.4, -0.2) is 12.6 Å². The van der Waals surface area contributed by atoms with Crippen LogP contribution in [0.5, 0.6) is 5.75 Å². The largest absolute Gasteiger partial charge is 0.491 e. The Hall–Kier alpha value is -0.740. The highest BCUT2D eigenvalue weighted by Crippen LogP contribution is 2.24. The van der Waals surface area contributed by atoms with Crippen LogP contribution in [0.25, 0.3) is 0 Å². The average Bonchev–Trinajstić information content (AvgIpc) is 2.47. The summed E-state index contributed by atoms with van der Waals surface area (Å²) < 4.78 is 6.90. The molecule has 0 atom stereocenters. The van der Waals surface area contributed by atoms with Crippen LogP contribution < -0.4 is 10.1 Å². The van der Waals surface area contributed by atoms with Gasteiger partial charge in [-0.3, -0.25) is 0 Å². The molecule has 124 valence electrons. The molecule has 0 unspecified atom stereocenters. The Balaban J connectivity index is 1.92. The maximum atomic E-state index is 6.19. The molecule has 0 spiro atoms. The summed E-state index contributed by atoms with van der Waals surface area (Å²) in [5, 5.41) is 4.82. The lowest BCUT2D eigenvalue weighted by atomic mass is 10.1. The number of ether oxygens (including phenoxy) is 1. The summed E-state index contributed by atoms with van der Waals surface area (Å²) in [5.41, 5.74) is 2.23. The van der Waals surface area contributed by atoms with Crippen LogP contribution in [0.2, 0.25) is 10.0 Å². The summed E-state index contributed by atoms with van der Waals surface area (Å²) >= 11 is 15.6. The minimum Gasteiger partial charge on any atom is -0.491 e. The molecule has 0 saturated carbocycles. The van der Waals surface area contributed by atoms with Gasteiger partial charge < -0.3 is 10.1 Å². The minimum absolute atomic E-state index is 0.155. The fourth-order valence-corrected chi connectivity index (χ4v) is 3.14. The maximum Gasteiger partial charge on any atom is 0.124 e. The SMILES string of the molecule is CC(C)Oc1ccc(Br)cc1CNCCc1ccc(Cl)cc1Cl. The molecule has 0 aliphatic rings. The fourth-order valence-electron chi connectivity index (χ4n) is 2.23. The molecule has 2 aromatic carbocycles. The number of nitrogens with one attached hydrogen (secondary N) is 1. The molecular formula is C18H20BrCl2NO. The van der Waals surface area contributed by atoms with Crippen molar-refractivity contribution < 1.29 is 4.74 Å². The van der Waals surface area contributed by atoms with E-state index in [0.29, 0.717) is 10.0 Å². The molecule has 2 nitrogen and oxygen atoms in total. The van der Waals surface area contributed by atoms with Crippen LogP contribution in [0, 0.1) is 0 Å². The zero-order valence-electron chi connectivity index (χ0n) is 13.2. The van der Waals surface area contributed by atoms with E-state index in [2.05, 4.69) is 27.3 Å². The number of benzene rings is 2. The van der Waals surface area contributed by atoms with Crippen molar-refractivity contribution in [2.24, 2.45) is 0 Å². The van der Waals surface area contributed by atoms with Crippen LogP contribution in [-0.2, 0) is 13.0 Å². The second kappa shape index (κ2) is 8.93. The van der Waals surface area contributed by atoms with E-state index in [4.69, 9.17) is 27.9 Å². The lowest BCUT2D eigenvalue weighted by molar-refractivity contribution is 0.239. The molecule has 0 bridgehead atoms. The van der Waals surface area contributed by atoms with E-state index >= 15 is 0 Å². The molecule has 0 amide bonds. The predicted molar refractivity (Wildman–Crippen MR) is 102 cm³/mol. The second-order valence-corrected chi connectivity index (χ2v) is 7.34. The quantitative estimate of drug-likeness (QED) is 0.569. The number of halogens is 3. The van der Waals surface area contributed by atoms with Gasteiger partial charge >= 0.3 is 0 Å². The first kappa shape index (κ1) is 18.6. The minimum atomic E-state index is 0.155. The molecule has 0 saturated heterocycles. The van der Waals surface area contributed by atoms with Crippen molar-refractivity contribution in [2.75, 3.05) is 6.54 Å². The summed E-state index contributed by atoms with van der Waals surface area (Å²) in [6.45, 7) is 5.63. The highest BCUT2D eigenvalue weighted by molar-refractivity contribution is 9.10. The van der Waals surface area contributed by atoms with Gasteiger partial charge in [-0.1, -0.05) is 45.2 Å². The Kier molecular flexibility index (Phi) is 7.22. The Morgan fingerprint density at radius 2 is 1.87 bits per heavy atom. The highest BCUT2D eigenvalue weighted by Gasteiger charge is 2.07. The maximum absolute atomic E-state index is 6.19. The first-order valence-corrected chi connectivity index (χ1v) is 9.10. The summed E-state index contributed by atoms with van der Waals surface area (Å²) in [6.07, 6.45) is 1.01. The first-order chi connectivity index (χ1) is 11.0. The van der Waals surface area contributed by atoms with E-state index in [1.807, 2.05) is 38.1 Å². The standard InChI is InChI=1S/C18H20BrCl2NO/c1-12(2)23-18-6-4-15(19)9-14(18)11-22-8-7-13-3-5-16(20)10-17(13)21/h3-6,9-10,12,22H,7-8,11H2,1-2H3. The van der Waals surface area contributed by atoms with Crippen LogP contribution >= 0.6 is 39.1 Å². The normalized spacial score (nSPS) is 11.0. The van der Waals surface area contributed by atoms with Crippen LogP contribution in [0.1, 0.15) is 25.0 Å². The van der Waals surface area contributed by atoms with Crippen molar-refractivity contribution in [1.82, 2.24) is 5.32 Å². The van der Waals surface area contributed by atoms with Gasteiger partial charge in [0.25, 0.3) is 0 Å². The van der Waals surface area contributed by atoms with E-state index in [0.717, 1.165) is 40.9 Å². The van der Waals surface area contributed by atoms with Crippen molar-refractivity contribution in [1.29, 1.82) is 0 Å². The van der Waals surface area contributed by atoms with E-state index in [-0.39, 0.29) is 6.10 Å². The van der Waals surface area contributed by atoms with Gasteiger partial charge in [0.15, 0.2) is 0 Å². The average molecular weight is 417 g/mol. The molecule has 23 heavy (non-hydrogen) atoms. The first-order valence-electron chi connectivity index (χ1n) is 7.55. The van der Waals surface area contributed by atoms with Gasteiger partial charge in [-0.25, -0.2) is 0 Å². The zero-order valence-corrected chi connectivity index (χ0v) is 16.3. The molecule has 0 radical (unpaired) electrons. The van der Waals surface area contributed by atoms with Crippen molar-refractivity contribution in [3.05, 3.63) is 62.0 Å². The number of rotatable bonds is 7. The molecule has 0 aliphatic carbocycles. The highest BCUT2D eigenvalue weighted by atomic mass is 79.9. The predicted octanol–water partition coefficient (Wildman–Crippen LogP) is 5.88. The van der Waals surface area contributed by atoms with Gasteiger partial charge in [-0.05, 0) is 62.7 Å². The monoisotopic (exact) mass is 415 g/mol. The van der Waals surface area contributed by atoms with Crippen LogP contribution in [0.4, 0.5) is 0 Å². The van der Waals surface area contributed by atoms with E-state index in [9.17, 15) is 0 Å². The summed E-state index contributed by atoms with van der Waals surface area (Å²) in [5.74, 6) is 0.917. The van der Waals surface area contributed by atoms with Gasteiger partial charge in [0.1, 0.15) is 5.75 Å². The van der Waals surface area contributed by atoms with Crippen molar-refractivity contribution in [2.45, 2.75) is 32.9 Å².